The van der Waals surface area contributed by atoms with Crippen molar-refractivity contribution < 1.29 is 0 Å². The van der Waals surface area contributed by atoms with Gasteiger partial charge < -0.3 is 0 Å². The molecule has 0 saturated heterocycles. The predicted molar refractivity (Wildman–Crippen MR) is 424 cm³/mol. The van der Waals surface area contributed by atoms with Crippen LogP contribution in [0.5, 0.6) is 0 Å². The molecule has 0 aliphatic heterocycles. The van der Waals surface area contributed by atoms with Gasteiger partial charge in [0.2, 0.25) is 0 Å². The van der Waals surface area contributed by atoms with Gasteiger partial charge in [-0.15, -0.1) is 0 Å². The van der Waals surface area contributed by atoms with Crippen LogP contribution in [0.2, 0.25) is 0 Å². The van der Waals surface area contributed by atoms with Gasteiger partial charge in [-0.1, -0.05) is 328 Å². The van der Waals surface area contributed by atoms with E-state index < -0.39 is 0 Å². The smallest absolute Gasteiger partial charge is 0.163 e. The Morgan fingerprint density at radius 2 is 0.420 bits per heavy atom. The molecule has 0 spiro atoms. The highest BCUT2D eigenvalue weighted by atomic mass is 15.0. The fourth-order valence-electron chi connectivity index (χ4n) is 10.6. The molecule has 0 unspecified atom stereocenters. The van der Waals surface area contributed by atoms with Crippen LogP contribution >= 0.6 is 0 Å². The van der Waals surface area contributed by atoms with Crippen LogP contribution in [0.4, 0.5) is 0 Å². The summed E-state index contributed by atoms with van der Waals surface area (Å²) in [4.78, 5) is 42.7. The minimum atomic E-state index is 0. The molecule has 9 nitrogen and oxygen atoms in total. The molecule has 14 rings (SSSR count). The van der Waals surface area contributed by atoms with Gasteiger partial charge in [-0.2, -0.15) is 0 Å². The van der Waals surface area contributed by atoms with Gasteiger partial charge in [0.1, 0.15) is 11.6 Å². The van der Waals surface area contributed by atoms with Gasteiger partial charge in [-0.05, 0) is 77.6 Å². The molecule has 9 heteroatoms. The number of nitrogens with zero attached hydrogens (tertiary/aromatic N) is 9. The summed E-state index contributed by atoms with van der Waals surface area (Å²) in [6.45, 7) is 17.3. The van der Waals surface area contributed by atoms with E-state index in [0.29, 0.717) is 17.8 Å². The topological polar surface area (TPSA) is 116 Å². The van der Waals surface area contributed by atoms with Gasteiger partial charge in [0.05, 0.1) is 45.6 Å². The van der Waals surface area contributed by atoms with Gasteiger partial charge in [-0.3, -0.25) is 4.98 Å². The Labute approximate surface area is 595 Å². The maximum Gasteiger partial charge on any atom is 0.163 e. The van der Waals surface area contributed by atoms with Crippen molar-refractivity contribution in [3.05, 3.63) is 332 Å². The van der Waals surface area contributed by atoms with Gasteiger partial charge >= 0.3 is 0 Å². The van der Waals surface area contributed by atoms with Crippen LogP contribution in [0.3, 0.4) is 0 Å². The number of hydrogen-bond acceptors (Lipinski definition) is 9. The summed E-state index contributed by atoms with van der Waals surface area (Å²) in [6, 6.07) is 101. The zero-order chi connectivity index (χ0) is 66.6. The molecule has 0 bridgehead atoms. The molecular formula is C91H95N9. The molecule has 0 saturated carbocycles. The lowest BCUT2D eigenvalue weighted by Gasteiger charge is -2.15. The van der Waals surface area contributed by atoms with E-state index in [-0.39, 0.29) is 35.6 Å². The maximum atomic E-state index is 5.34. The van der Waals surface area contributed by atoms with Gasteiger partial charge in [0, 0.05) is 79.9 Å². The number of rotatable bonds is 14. The highest BCUT2D eigenvalue weighted by Gasteiger charge is 2.18. The SMILES string of the molecule is C.C.C.C.CC(C)c1cc(-c2cc(-c3ccccc3)nc(-c3ccccc3)c2)nc(-c2cc(-c3ccccc3)nc(-c3ccccc3)c2)c1.CC(C)c1ccncc1.CC(C)c1nc(-c2ccccc2)cc(-c2ccccc2)n1.CC(C)c1nc(-c2ccccc2)nc(-c2ccccc2)n1. The second-order valence-electron chi connectivity index (χ2n) is 24.6. The molecule has 8 aromatic carbocycles. The summed E-state index contributed by atoms with van der Waals surface area (Å²) in [5.41, 5.74) is 20.7. The second kappa shape index (κ2) is 37.3. The Bertz CT molecular complexity index is 4210. The molecule has 0 radical (unpaired) electrons. The molecule has 0 amide bonds. The first-order valence-corrected chi connectivity index (χ1v) is 32.9. The van der Waals surface area contributed by atoms with Crippen LogP contribution in [-0.4, -0.2) is 44.9 Å². The van der Waals surface area contributed by atoms with Gasteiger partial charge in [-0.25, -0.2) is 39.9 Å². The molecule has 504 valence electrons. The zero-order valence-electron chi connectivity index (χ0n) is 55.8. The molecule has 100 heavy (non-hydrogen) atoms. The molecule has 6 heterocycles. The van der Waals surface area contributed by atoms with Crippen molar-refractivity contribution in [1.29, 1.82) is 0 Å². The Morgan fingerprint density at radius 1 is 0.190 bits per heavy atom. The monoisotopic (exact) mass is 1310 g/mol. The van der Waals surface area contributed by atoms with E-state index in [2.05, 4.69) is 239 Å². The van der Waals surface area contributed by atoms with Crippen molar-refractivity contribution in [2.75, 3.05) is 0 Å². The van der Waals surface area contributed by atoms with Gasteiger partial charge in [0.25, 0.3) is 0 Å². The van der Waals surface area contributed by atoms with Crippen molar-refractivity contribution in [2.24, 2.45) is 0 Å². The summed E-state index contributed by atoms with van der Waals surface area (Å²) in [7, 11) is 0. The second-order valence-corrected chi connectivity index (χ2v) is 24.6. The fraction of sp³-hybridized carbons (Fsp3) is 0.176. The third kappa shape index (κ3) is 20.3. The molecule has 0 atom stereocenters. The minimum Gasteiger partial charge on any atom is -0.265 e. The summed E-state index contributed by atoms with van der Waals surface area (Å²) in [5, 5.41) is 0. The van der Waals surface area contributed by atoms with E-state index in [0.717, 1.165) is 124 Å². The summed E-state index contributed by atoms with van der Waals surface area (Å²) in [6.07, 6.45) is 3.66. The first-order valence-electron chi connectivity index (χ1n) is 32.9. The highest BCUT2D eigenvalue weighted by molar-refractivity contribution is 5.80. The normalized spacial score (nSPS) is 10.4. The van der Waals surface area contributed by atoms with E-state index in [1.54, 1.807) is 0 Å². The molecule has 0 aliphatic carbocycles. The molecular weight excluding hydrogens is 1220 g/mol. The van der Waals surface area contributed by atoms with E-state index in [1.807, 2.05) is 146 Å². The third-order valence-electron chi connectivity index (χ3n) is 16.0. The first kappa shape index (κ1) is 75.8. The molecule has 0 N–H and O–H groups in total. The van der Waals surface area contributed by atoms with Crippen LogP contribution in [-0.2, 0) is 0 Å². The zero-order valence-corrected chi connectivity index (χ0v) is 55.8. The van der Waals surface area contributed by atoms with E-state index in [9.17, 15) is 0 Å². The highest BCUT2D eigenvalue weighted by Crippen LogP contribution is 2.36. The van der Waals surface area contributed by atoms with E-state index in [4.69, 9.17) is 24.9 Å². The summed E-state index contributed by atoms with van der Waals surface area (Å²) in [5.74, 6) is 4.67. The van der Waals surface area contributed by atoms with Crippen LogP contribution in [0.25, 0.3) is 113 Å². The number of benzene rings is 8. The van der Waals surface area contributed by atoms with E-state index >= 15 is 0 Å². The lowest BCUT2D eigenvalue weighted by molar-refractivity contribution is 0.766. The average molecular weight is 1310 g/mol. The third-order valence-corrected chi connectivity index (χ3v) is 16.0. The quantitative estimate of drug-likeness (QED) is 0.105. The fourth-order valence-corrected chi connectivity index (χ4v) is 10.6. The standard InChI is InChI=1S/C42H33N3.C19H18N2.C18H17N3.C8H11N.4CH4/c1-29(2)34-23-41(35-25-37(30-15-7-3-8-16-30)43-38(26-35)31-17-9-4-10-18-31)45-42(24-34)36-27-39(32-19-11-5-12-20-32)44-40(28-36)33-21-13-6-14-22-33;1-14(2)19-20-17(15-9-5-3-6-10-15)13-18(21-19)16-11-7-4-8-12-16;1-13(2)16-19-17(14-9-5-3-6-10-14)21-18(20-16)15-11-7-4-8-12-15;1-7(2)8-3-5-9-6-4-8;;;;/h3-29H,1-2H3;3-14H,1-2H3;3-13H,1-2H3;3-7H,1-2H3;4*1H4. The minimum absolute atomic E-state index is 0. The molecule has 0 aliphatic rings. The number of pyridine rings is 4. The van der Waals surface area contributed by atoms with Gasteiger partial charge in [0.15, 0.2) is 11.6 Å². The number of aromatic nitrogens is 9. The van der Waals surface area contributed by atoms with Crippen LogP contribution < -0.4 is 0 Å². The van der Waals surface area contributed by atoms with Crippen LogP contribution in [0.1, 0.15) is 132 Å². The first-order chi connectivity index (χ1) is 46.9. The molecule has 0 fully saturated rings. The predicted octanol–water partition coefficient (Wildman–Crippen LogP) is 25.0. The van der Waals surface area contributed by atoms with Crippen molar-refractivity contribution in [1.82, 2.24) is 44.9 Å². The van der Waals surface area contributed by atoms with Crippen molar-refractivity contribution >= 4 is 0 Å². The van der Waals surface area contributed by atoms with Crippen molar-refractivity contribution in [2.45, 2.75) is 109 Å². The van der Waals surface area contributed by atoms with Crippen LogP contribution in [0.15, 0.2) is 310 Å². The Morgan fingerprint density at radius 3 is 0.660 bits per heavy atom. The Balaban J connectivity index is 0.000000213. The van der Waals surface area contributed by atoms with E-state index in [1.165, 1.54) is 11.1 Å². The number of hydrogen-bond donors (Lipinski definition) is 0. The lowest BCUT2D eigenvalue weighted by Crippen LogP contribution is -2.04. The Hall–Kier alpha value is -11.6. The van der Waals surface area contributed by atoms with Crippen molar-refractivity contribution in [3.8, 4) is 113 Å². The average Bonchev–Trinajstić information content (AvgIpc) is 0.774. The summed E-state index contributed by atoms with van der Waals surface area (Å²) >= 11 is 0. The molecule has 14 aromatic rings. The summed E-state index contributed by atoms with van der Waals surface area (Å²) < 4.78 is 0. The largest absolute Gasteiger partial charge is 0.265 e. The lowest BCUT2D eigenvalue weighted by atomic mass is 9.96. The maximum absolute atomic E-state index is 5.34. The van der Waals surface area contributed by atoms with Crippen LogP contribution in [0, 0.1) is 0 Å². The molecule has 6 aromatic heterocycles. The Kier molecular flexibility index (Phi) is 28.2. The van der Waals surface area contributed by atoms with Crippen molar-refractivity contribution in [3.63, 3.8) is 0 Å².